The number of carboxylic acid groups (broad SMARTS) is 1. The van der Waals surface area contributed by atoms with Crippen LogP contribution < -0.4 is 0 Å². The number of ether oxygens (including phenoxy) is 1. The highest BCUT2D eigenvalue weighted by Crippen LogP contribution is 2.27. The first kappa shape index (κ1) is 13.3. The van der Waals surface area contributed by atoms with Gasteiger partial charge in [-0.25, -0.2) is 9.10 Å². The predicted molar refractivity (Wildman–Crippen MR) is 61.2 cm³/mol. The van der Waals surface area contributed by atoms with Crippen LogP contribution in [0.1, 0.15) is 33.6 Å². The second kappa shape index (κ2) is 5.05. The van der Waals surface area contributed by atoms with E-state index in [4.69, 9.17) is 9.84 Å². The van der Waals surface area contributed by atoms with Crippen molar-refractivity contribution in [1.82, 2.24) is 4.31 Å². The fourth-order valence-corrected chi connectivity index (χ4v) is 2.48. The van der Waals surface area contributed by atoms with E-state index in [2.05, 4.69) is 0 Å². The van der Waals surface area contributed by atoms with Gasteiger partial charge in [-0.15, -0.1) is 0 Å². The molecule has 0 amide bonds. The quantitative estimate of drug-likeness (QED) is 0.595. The number of carbonyl (C=O) groups is 2. The van der Waals surface area contributed by atoms with Crippen molar-refractivity contribution in [2.45, 2.75) is 45.3 Å². The molecule has 16 heavy (non-hydrogen) atoms. The molecule has 1 saturated heterocycles. The molecule has 0 saturated carbocycles. The van der Waals surface area contributed by atoms with Gasteiger partial charge in [0.15, 0.2) is 0 Å². The van der Waals surface area contributed by atoms with Crippen LogP contribution in [0.15, 0.2) is 0 Å². The zero-order chi connectivity index (χ0) is 12.3. The van der Waals surface area contributed by atoms with Gasteiger partial charge in [-0.05, 0) is 33.6 Å². The van der Waals surface area contributed by atoms with Crippen LogP contribution >= 0.6 is 11.9 Å². The molecular weight excluding hydrogens is 230 g/mol. The molecule has 1 heterocycles. The normalized spacial score (nSPS) is 22.1. The van der Waals surface area contributed by atoms with Crippen molar-refractivity contribution >= 4 is 23.2 Å². The molecule has 0 aromatic rings. The average molecular weight is 247 g/mol. The fourth-order valence-electron chi connectivity index (χ4n) is 1.46. The summed E-state index contributed by atoms with van der Waals surface area (Å²) in [6.07, 6.45) is 1.39. The summed E-state index contributed by atoms with van der Waals surface area (Å²) in [7, 11) is 0. The third kappa shape index (κ3) is 4.02. The van der Waals surface area contributed by atoms with Crippen LogP contribution in [0.5, 0.6) is 0 Å². The van der Waals surface area contributed by atoms with Gasteiger partial charge in [0, 0.05) is 18.5 Å². The number of aliphatic carboxylic acids is 1. The summed E-state index contributed by atoms with van der Waals surface area (Å²) in [4.78, 5) is 22.4. The van der Waals surface area contributed by atoms with Gasteiger partial charge < -0.3 is 9.84 Å². The van der Waals surface area contributed by atoms with Crippen LogP contribution in [0.2, 0.25) is 0 Å². The Hall–Kier alpha value is -0.750. The number of carbonyl (C=O) groups excluding carboxylic acids is 1. The van der Waals surface area contributed by atoms with Crippen LogP contribution in [0.25, 0.3) is 0 Å². The highest BCUT2D eigenvalue weighted by atomic mass is 32.2. The van der Waals surface area contributed by atoms with Crippen molar-refractivity contribution in [3.05, 3.63) is 0 Å². The third-order valence-electron chi connectivity index (χ3n) is 2.07. The van der Waals surface area contributed by atoms with Crippen molar-refractivity contribution < 1.29 is 19.4 Å². The molecule has 0 aromatic carbocycles. The Morgan fingerprint density at radius 2 is 2.06 bits per heavy atom. The van der Waals surface area contributed by atoms with Crippen LogP contribution in [-0.4, -0.2) is 38.9 Å². The van der Waals surface area contributed by atoms with Crippen LogP contribution in [0, 0.1) is 0 Å². The first-order valence-corrected chi connectivity index (χ1v) is 5.97. The Balaban J connectivity index is 2.47. The van der Waals surface area contributed by atoms with Gasteiger partial charge in [0.2, 0.25) is 0 Å². The Morgan fingerprint density at radius 3 is 2.56 bits per heavy atom. The summed E-state index contributed by atoms with van der Waals surface area (Å²) < 4.78 is 6.70. The molecule has 92 valence electrons. The van der Waals surface area contributed by atoms with Crippen LogP contribution in [-0.2, 0) is 9.53 Å². The van der Waals surface area contributed by atoms with E-state index in [0.29, 0.717) is 13.0 Å². The van der Waals surface area contributed by atoms with E-state index >= 15 is 0 Å². The van der Waals surface area contributed by atoms with E-state index in [1.807, 2.05) is 0 Å². The zero-order valence-corrected chi connectivity index (χ0v) is 10.5. The molecule has 0 spiro atoms. The molecule has 1 N–H and O–H groups in total. The van der Waals surface area contributed by atoms with Gasteiger partial charge in [0.1, 0.15) is 11.6 Å². The van der Waals surface area contributed by atoms with Gasteiger partial charge in [-0.2, -0.15) is 0 Å². The summed E-state index contributed by atoms with van der Waals surface area (Å²) in [6.45, 7) is 5.96. The van der Waals surface area contributed by atoms with E-state index in [1.54, 1.807) is 25.1 Å². The maximum Gasteiger partial charge on any atom is 0.383 e. The molecular formula is C10H17NO4S. The molecule has 0 aliphatic carbocycles. The van der Waals surface area contributed by atoms with Crippen molar-refractivity contribution in [3.8, 4) is 0 Å². The molecule has 0 radical (unpaired) electrons. The summed E-state index contributed by atoms with van der Waals surface area (Å²) >= 11 is 0.862. The highest BCUT2D eigenvalue weighted by molar-refractivity contribution is 8.11. The number of hydrogen-bond acceptors (Lipinski definition) is 5. The SMILES string of the molecule is CC(C)(C)OC(=O)SN1CCC[C@H]1C(=O)O. The Morgan fingerprint density at radius 1 is 1.44 bits per heavy atom. The lowest BCUT2D eigenvalue weighted by Crippen LogP contribution is -2.33. The summed E-state index contributed by atoms with van der Waals surface area (Å²) in [5.41, 5.74) is -0.539. The summed E-state index contributed by atoms with van der Waals surface area (Å²) in [5, 5.41) is 8.48. The number of rotatable bonds is 2. The van der Waals surface area contributed by atoms with E-state index in [9.17, 15) is 9.59 Å². The van der Waals surface area contributed by atoms with E-state index < -0.39 is 22.9 Å². The largest absolute Gasteiger partial charge is 0.480 e. The van der Waals surface area contributed by atoms with Gasteiger partial charge >= 0.3 is 11.3 Å². The zero-order valence-electron chi connectivity index (χ0n) is 9.73. The number of carboxylic acids is 1. The second-order valence-electron chi connectivity index (χ2n) is 4.69. The van der Waals surface area contributed by atoms with Gasteiger partial charge in [-0.3, -0.25) is 4.79 Å². The molecule has 0 bridgehead atoms. The van der Waals surface area contributed by atoms with E-state index in [0.717, 1.165) is 18.4 Å². The van der Waals surface area contributed by atoms with Crippen molar-refractivity contribution in [1.29, 1.82) is 0 Å². The van der Waals surface area contributed by atoms with Crippen molar-refractivity contribution in [3.63, 3.8) is 0 Å². The minimum Gasteiger partial charge on any atom is -0.480 e. The van der Waals surface area contributed by atoms with Gasteiger partial charge in [0.05, 0.1) is 0 Å². The molecule has 5 nitrogen and oxygen atoms in total. The molecule has 6 heteroatoms. The molecule has 1 atom stereocenters. The van der Waals surface area contributed by atoms with E-state index in [1.165, 1.54) is 0 Å². The van der Waals surface area contributed by atoms with Crippen molar-refractivity contribution in [2.75, 3.05) is 6.54 Å². The smallest absolute Gasteiger partial charge is 0.383 e. The number of hydrogen-bond donors (Lipinski definition) is 1. The molecule has 0 aromatic heterocycles. The first-order valence-electron chi connectivity index (χ1n) is 5.20. The summed E-state index contributed by atoms with van der Waals surface area (Å²) in [6, 6.07) is -0.572. The topological polar surface area (TPSA) is 66.8 Å². The minimum absolute atomic E-state index is 0.444. The van der Waals surface area contributed by atoms with Gasteiger partial charge in [-0.1, -0.05) is 0 Å². The molecule has 1 fully saturated rings. The lowest BCUT2D eigenvalue weighted by Gasteiger charge is -2.22. The maximum atomic E-state index is 11.5. The summed E-state index contributed by atoms with van der Waals surface area (Å²) in [5.74, 6) is -0.881. The fraction of sp³-hybridized carbons (Fsp3) is 0.800. The van der Waals surface area contributed by atoms with Crippen molar-refractivity contribution in [2.24, 2.45) is 0 Å². The predicted octanol–water partition coefficient (Wildman–Crippen LogP) is 2.12. The maximum absolute atomic E-state index is 11.5. The Kier molecular flexibility index (Phi) is 4.21. The highest BCUT2D eigenvalue weighted by Gasteiger charge is 2.33. The number of nitrogens with zero attached hydrogens (tertiary/aromatic N) is 1. The van der Waals surface area contributed by atoms with Crippen LogP contribution in [0.4, 0.5) is 4.79 Å². The second-order valence-corrected chi connectivity index (χ2v) is 5.68. The van der Waals surface area contributed by atoms with Gasteiger partial charge in [0.25, 0.3) is 0 Å². The monoisotopic (exact) mass is 247 g/mol. The molecule has 0 unspecified atom stereocenters. The Labute approximate surface area is 99.3 Å². The molecule has 1 rings (SSSR count). The lowest BCUT2D eigenvalue weighted by molar-refractivity contribution is -0.140. The minimum atomic E-state index is -0.881. The third-order valence-corrected chi connectivity index (χ3v) is 2.97. The van der Waals surface area contributed by atoms with Crippen LogP contribution in [0.3, 0.4) is 0 Å². The molecule has 1 aliphatic rings. The Bertz CT molecular complexity index is 287. The molecule has 1 aliphatic heterocycles. The first-order chi connectivity index (χ1) is 7.29. The standard InChI is InChI=1S/C10H17NO4S/c1-10(2,3)15-9(14)16-11-6-4-5-7(11)8(12)13/h7H,4-6H2,1-3H3,(H,12,13)/t7-/m0/s1. The van der Waals surface area contributed by atoms with E-state index in [-0.39, 0.29) is 0 Å². The lowest BCUT2D eigenvalue weighted by atomic mass is 10.2. The average Bonchev–Trinajstić information content (AvgIpc) is 2.47.